The lowest BCUT2D eigenvalue weighted by molar-refractivity contribution is -0.131. The molecule has 5 rings (SSSR count). The second kappa shape index (κ2) is 11.0. The van der Waals surface area contributed by atoms with Crippen LogP contribution >= 0.6 is 0 Å². The summed E-state index contributed by atoms with van der Waals surface area (Å²) in [5.74, 6) is 3.14. The van der Waals surface area contributed by atoms with Crippen molar-refractivity contribution in [1.82, 2.24) is 19.8 Å². The number of fused-ring (bicyclic) bond motifs is 1. The second-order valence-electron chi connectivity index (χ2n) is 9.39. The van der Waals surface area contributed by atoms with E-state index in [4.69, 9.17) is 24.2 Å². The van der Waals surface area contributed by atoms with Gasteiger partial charge in [0.2, 0.25) is 17.7 Å². The van der Waals surface area contributed by atoms with Gasteiger partial charge in [-0.25, -0.2) is 4.98 Å². The van der Waals surface area contributed by atoms with Crippen molar-refractivity contribution in [3.8, 4) is 23.1 Å². The lowest BCUT2D eigenvalue weighted by atomic mass is 10.0. The van der Waals surface area contributed by atoms with E-state index in [0.717, 1.165) is 48.7 Å². The molecule has 0 N–H and O–H groups in total. The van der Waals surface area contributed by atoms with E-state index in [1.165, 1.54) is 0 Å². The van der Waals surface area contributed by atoms with Crippen molar-refractivity contribution in [2.75, 3.05) is 58.9 Å². The fraction of sp³-hybridized carbons (Fsp3) is 0.393. The number of anilines is 1. The molecule has 9 nitrogen and oxygen atoms in total. The molecule has 37 heavy (non-hydrogen) atoms. The van der Waals surface area contributed by atoms with Crippen molar-refractivity contribution in [2.24, 2.45) is 0 Å². The van der Waals surface area contributed by atoms with Gasteiger partial charge < -0.3 is 28.9 Å². The molecule has 194 valence electrons. The van der Waals surface area contributed by atoms with Crippen LogP contribution in [0.4, 0.5) is 5.95 Å². The topological polar surface area (TPSA) is 80.3 Å². The number of nitrogens with zero attached hydrogens (tertiary/aromatic N) is 5. The molecular formula is C28H33N5O4. The van der Waals surface area contributed by atoms with Crippen LogP contribution in [-0.2, 0) is 24.2 Å². The lowest BCUT2D eigenvalue weighted by Gasteiger charge is -2.34. The molecule has 0 radical (unpaired) electrons. The standard InChI is InChI=1S/C28H33N5O4/c1-31-13-15-32(16-14-31)28-29-23-11-12-33(26(34)18-20-7-6-8-21(17-20)35-2)19-22(23)27(30-28)37-25-10-5-4-9-24(25)36-3/h4-10,17H,11-16,18-19H2,1-3H3. The highest BCUT2D eigenvalue weighted by Gasteiger charge is 2.29. The highest BCUT2D eigenvalue weighted by atomic mass is 16.5. The molecule has 0 saturated carbocycles. The van der Waals surface area contributed by atoms with Gasteiger partial charge in [-0.3, -0.25) is 4.79 Å². The van der Waals surface area contributed by atoms with Gasteiger partial charge in [-0.15, -0.1) is 0 Å². The minimum absolute atomic E-state index is 0.0466. The minimum Gasteiger partial charge on any atom is -0.497 e. The Hall–Kier alpha value is -3.85. The van der Waals surface area contributed by atoms with Gasteiger partial charge in [-0.1, -0.05) is 24.3 Å². The zero-order valence-electron chi connectivity index (χ0n) is 21.6. The van der Waals surface area contributed by atoms with Gasteiger partial charge in [0.1, 0.15) is 5.75 Å². The summed E-state index contributed by atoms with van der Waals surface area (Å²) in [7, 11) is 5.37. The number of amides is 1. The molecule has 1 aromatic heterocycles. The predicted octanol–water partition coefficient (Wildman–Crippen LogP) is 3.17. The number of methoxy groups -OCH3 is 2. The lowest BCUT2D eigenvalue weighted by Crippen LogP contribution is -2.45. The maximum atomic E-state index is 13.3. The zero-order chi connectivity index (χ0) is 25.8. The first-order chi connectivity index (χ1) is 18.0. The van der Waals surface area contributed by atoms with Crippen molar-refractivity contribution in [3.05, 3.63) is 65.4 Å². The molecule has 3 heterocycles. The molecular weight excluding hydrogens is 470 g/mol. The average molecular weight is 504 g/mol. The molecule has 1 saturated heterocycles. The molecule has 3 aromatic rings. The highest BCUT2D eigenvalue weighted by molar-refractivity contribution is 5.79. The Morgan fingerprint density at radius 2 is 1.70 bits per heavy atom. The van der Waals surface area contributed by atoms with Crippen molar-refractivity contribution >= 4 is 11.9 Å². The van der Waals surface area contributed by atoms with Gasteiger partial charge in [0.25, 0.3) is 0 Å². The fourth-order valence-electron chi connectivity index (χ4n) is 4.69. The Kier molecular flexibility index (Phi) is 7.41. The molecule has 2 aliphatic rings. The highest BCUT2D eigenvalue weighted by Crippen LogP contribution is 2.35. The van der Waals surface area contributed by atoms with E-state index in [1.807, 2.05) is 53.4 Å². The van der Waals surface area contributed by atoms with E-state index in [9.17, 15) is 4.79 Å². The van der Waals surface area contributed by atoms with Gasteiger partial charge >= 0.3 is 0 Å². The summed E-state index contributed by atoms with van der Waals surface area (Å²) in [6.45, 7) is 4.61. The van der Waals surface area contributed by atoms with Crippen LogP contribution in [0.15, 0.2) is 48.5 Å². The largest absolute Gasteiger partial charge is 0.497 e. The minimum atomic E-state index is 0.0466. The van der Waals surface area contributed by atoms with Crippen LogP contribution in [0.25, 0.3) is 0 Å². The number of benzene rings is 2. The summed E-state index contributed by atoms with van der Waals surface area (Å²) in [6.07, 6.45) is 0.945. The van der Waals surface area contributed by atoms with Gasteiger partial charge in [-0.2, -0.15) is 4.98 Å². The Morgan fingerprint density at radius 1 is 0.919 bits per heavy atom. The number of carbonyl (C=O) groups excluding carboxylic acids is 1. The first-order valence-electron chi connectivity index (χ1n) is 12.6. The summed E-state index contributed by atoms with van der Waals surface area (Å²) in [5.41, 5.74) is 2.69. The summed E-state index contributed by atoms with van der Waals surface area (Å²) >= 11 is 0. The molecule has 0 unspecified atom stereocenters. The molecule has 1 fully saturated rings. The fourth-order valence-corrected chi connectivity index (χ4v) is 4.69. The van der Waals surface area contributed by atoms with E-state index >= 15 is 0 Å². The van der Waals surface area contributed by atoms with Gasteiger partial charge in [0.15, 0.2) is 11.5 Å². The summed E-state index contributed by atoms with van der Waals surface area (Å²) in [4.78, 5) is 29.4. The Bertz CT molecular complexity index is 1260. The third kappa shape index (κ3) is 5.61. The van der Waals surface area contributed by atoms with E-state index in [2.05, 4.69) is 16.8 Å². The van der Waals surface area contributed by atoms with Crippen molar-refractivity contribution in [3.63, 3.8) is 0 Å². The van der Waals surface area contributed by atoms with E-state index in [0.29, 0.717) is 49.3 Å². The molecule has 9 heteroatoms. The van der Waals surface area contributed by atoms with Crippen LogP contribution in [0.2, 0.25) is 0 Å². The molecule has 1 amide bonds. The van der Waals surface area contributed by atoms with Gasteiger partial charge in [0.05, 0.1) is 38.4 Å². The number of para-hydroxylation sites is 2. The Morgan fingerprint density at radius 3 is 2.46 bits per heavy atom. The number of hydrogen-bond acceptors (Lipinski definition) is 8. The molecule has 2 aromatic carbocycles. The molecule has 0 spiro atoms. The summed E-state index contributed by atoms with van der Waals surface area (Å²) in [5, 5.41) is 0. The Balaban J connectivity index is 1.43. The van der Waals surface area contributed by atoms with Crippen LogP contribution in [0, 0.1) is 0 Å². The number of hydrogen-bond donors (Lipinski definition) is 0. The van der Waals surface area contributed by atoms with Crippen LogP contribution in [-0.4, -0.2) is 79.7 Å². The third-order valence-corrected chi connectivity index (χ3v) is 6.91. The number of likely N-dealkylation sites (N-methyl/N-ethyl adjacent to an activating group) is 1. The molecule has 0 aliphatic carbocycles. The number of aromatic nitrogens is 2. The zero-order valence-corrected chi connectivity index (χ0v) is 21.6. The molecule has 0 bridgehead atoms. The van der Waals surface area contributed by atoms with Gasteiger partial charge in [-0.05, 0) is 36.9 Å². The summed E-state index contributed by atoms with van der Waals surface area (Å²) < 4.78 is 17.2. The van der Waals surface area contributed by atoms with Gasteiger partial charge in [0, 0.05) is 39.1 Å². The quantitative estimate of drug-likeness (QED) is 0.487. The van der Waals surface area contributed by atoms with Crippen molar-refractivity contribution in [1.29, 1.82) is 0 Å². The first kappa shape index (κ1) is 24.8. The normalized spacial score (nSPS) is 15.8. The number of rotatable bonds is 7. The first-order valence-corrected chi connectivity index (χ1v) is 12.6. The smallest absolute Gasteiger partial charge is 0.229 e. The number of piperazine rings is 1. The van der Waals surface area contributed by atoms with E-state index in [-0.39, 0.29) is 5.91 Å². The van der Waals surface area contributed by atoms with Crippen molar-refractivity contribution in [2.45, 2.75) is 19.4 Å². The molecule has 0 atom stereocenters. The van der Waals surface area contributed by atoms with E-state index in [1.54, 1.807) is 14.2 Å². The third-order valence-electron chi connectivity index (χ3n) is 6.91. The maximum Gasteiger partial charge on any atom is 0.229 e. The average Bonchev–Trinajstić information content (AvgIpc) is 2.93. The van der Waals surface area contributed by atoms with Crippen LogP contribution < -0.4 is 19.1 Å². The SMILES string of the molecule is COc1cccc(CC(=O)N2CCc3nc(N4CCN(C)CC4)nc(Oc4ccccc4OC)c3C2)c1. The van der Waals surface area contributed by atoms with Crippen molar-refractivity contribution < 1.29 is 19.0 Å². The molecule has 2 aliphatic heterocycles. The second-order valence-corrected chi connectivity index (χ2v) is 9.39. The number of carbonyl (C=O) groups is 1. The van der Waals surface area contributed by atoms with E-state index < -0.39 is 0 Å². The maximum absolute atomic E-state index is 13.3. The van der Waals surface area contributed by atoms with Crippen LogP contribution in [0.5, 0.6) is 23.1 Å². The summed E-state index contributed by atoms with van der Waals surface area (Å²) in [6, 6.07) is 15.1. The predicted molar refractivity (Wildman–Crippen MR) is 141 cm³/mol. The monoisotopic (exact) mass is 503 g/mol. The van der Waals surface area contributed by atoms with Crippen LogP contribution in [0.3, 0.4) is 0 Å². The Labute approximate surface area is 217 Å². The van der Waals surface area contributed by atoms with Crippen LogP contribution in [0.1, 0.15) is 16.8 Å². The number of ether oxygens (including phenoxy) is 3.